The minimum atomic E-state index is 0.488. The van der Waals surface area contributed by atoms with E-state index in [9.17, 15) is 0 Å². The molecular formula is C27H27N7. The highest BCUT2D eigenvalue weighted by Crippen LogP contribution is 2.46. The molecule has 1 aliphatic heterocycles. The standard InChI is InChI=1S/C27H27N7/c1-2-7-18(8-3-1)31-23-11-17(9-10-30-23)26-32-22-15-29-12-19(16-5-4-6-16)24(22)27(34-26)33-25-20-13-28-14-21(20)25/h1-3,7-12,15-16,20-21,25,28H,4-6,13-14H2,(H,30,31)(H,32,33,34)/t20-,21?,25?/m1/s1. The number of aromatic nitrogens is 4. The van der Waals surface area contributed by atoms with Gasteiger partial charge in [0.2, 0.25) is 0 Å². The van der Waals surface area contributed by atoms with Gasteiger partial charge in [0, 0.05) is 48.2 Å². The predicted molar refractivity (Wildman–Crippen MR) is 134 cm³/mol. The monoisotopic (exact) mass is 449 g/mol. The van der Waals surface area contributed by atoms with Crippen LogP contribution in [0.3, 0.4) is 0 Å². The molecule has 7 nitrogen and oxygen atoms in total. The number of nitrogens with zero attached hydrogens (tertiary/aromatic N) is 4. The second-order valence-corrected chi connectivity index (χ2v) is 9.72. The topological polar surface area (TPSA) is 87.7 Å². The van der Waals surface area contributed by atoms with E-state index < -0.39 is 0 Å². The number of rotatable bonds is 6. The molecule has 4 aromatic rings. The smallest absolute Gasteiger partial charge is 0.162 e. The van der Waals surface area contributed by atoms with E-state index in [1.807, 2.05) is 54.9 Å². The minimum absolute atomic E-state index is 0.488. The molecule has 0 bridgehead atoms. The molecule has 3 aliphatic rings. The first-order chi connectivity index (χ1) is 16.8. The predicted octanol–water partition coefficient (Wildman–Crippen LogP) is 4.73. The lowest BCUT2D eigenvalue weighted by molar-refractivity contribution is 0.421. The van der Waals surface area contributed by atoms with E-state index in [2.05, 4.69) is 25.9 Å². The third-order valence-corrected chi connectivity index (χ3v) is 7.64. The average Bonchev–Trinajstić information content (AvgIpc) is 3.23. The molecule has 1 aromatic carbocycles. The van der Waals surface area contributed by atoms with Gasteiger partial charge in [0.1, 0.15) is 11.6 Å². The van der Waals surface area contributed by atoms with Crippen molar-refractivity contribution in [3.8, 4) is 11.4 Å². The Morgan fingerprint density at radius 1 is 0.941 bits per heavy atom. The highest BCUT2D eigenvalue weighted by Gasteiger charge is 2.53. The lowest BCUT2D eigenvalue weighted by atomic mass is 9.79. The third-order valence-electron chi connectivity index (χ3n) is 7.64. The Balaban J connectivity index is 1.29. The van der Waals surface area contributed by atoms with Crippen LogP contribution in [0.1, 0.15) is 30.7 Å². The first-order valence-electron chi connectivity index (χ1n) is 12.2. The second kappa shape index (κ2) is 8.02. The van der Waals surface area contributed by atoms with Crippen molar-refractivity contribution in [2.45, 2.75) is 31.2 Å². The molecule has 170 valence electrons. The van der Waals surface area contributed by atoms with Gasteiger partial charge in [-0.2, -0.15) is 0 Å². The van der Waals surface area contributed by atoms with Crippen LogP contribution < -0.4 is 16.0 Å². The number of piperidine rings is 1. The van der Waals surface area contributed by atoms with Crippen molar-refractivity contribution in [3.63, 3.8) is 0 Å². The van der Waals surface area contributed by atoms with Gasteiger partial charge in [-0.1, -0.05) is 24.6 Å². The maximum atomic E-state index is 5.10. The van der Waals surface area contributed by atoms with Crippen LogP contribution in [0.15, 0.2) is 61.1 Å². The maximum Gasteiger partial charge on any atom is 0.162 e. The van der Waals surface area contributed by atoms with Crippen molar-refractivity contribution in [2.24, 2.45) is 11.8 Å². The minimum Gasteiger partial charge on any atom is -0.366 e. The number of pyridine rings is 2. The van der Waals surface area contributed by atoms with Crippen LogP contribution in [0.2, 0.25) is 0 Å². The fourth-order valence-electron chi connectivity index (χ4n) is 5.47. The molecule has 3 aromatic heterocycles. The number of para-hydroxylation sites is 1. The SMILES string of the molecule is c1ccc(Nc2cc(-c3nc(NC4C5CNC[C@H]54)c4c(C5CCC5)cncc4n3)ccn2)cc1. The summed E-state index contributed by atoms with van der Waals surface area (Å²) in [6.45, 7) is 2.18. The van der Waals surface area contributed by atoms with Gasteiger partial charge in [0.05, 0.1) is 11.7 Å². The molecule has 4 heterocycles. The Morgan fingerprint density at radius 2 is 1.79 bits per heavy atom. The van der Waals surface area contributed by atoms with E-state index in [-0.39, 0.29) is 0 Å². The summed E-state index contributed by atoms with van der Waals surface area (Å²) in [6, 6.07) is 14.5. The van der Waals surface area contributed by atoms with Crippen LogP contribution in [0.4, 0.5) is 17.3 Å². The van der Waals surface area contributed by atoms with Crippen molar-refractivity contribution in [2.75, 3.05) is 23.7 Å². The van der Waals surface area contributed by atoms with Crippen LogP contribution in [0.25, 0.3) is 22.3 Å². The molecule has 7 heteroatoms. The number of nitrogens with one attached hydrogen (secondary N) is 3. The summed E-state index contributed by atoms with van der Waals surface area (Å²) >= 11 is 0. The Hall–Kier alpha value is -3.58. The summed E-state index contributed by atoms with van der Waals surface area (Å²) in [6.07, 6.45) is 9.45. The summed E-state index contributed by atoms with van der Waals surface area (Å²) in [4.78, 5) is 19.1. The Kier molecular flexibility index (Phi) is 4.68. The molecule has 1 saturated heterocycles. The van der Waals surface area contributed by atoms with Gasteiger partial charge in [-0.05, 0) is 60.4 Å². The van der Waals surface area contributed by atoms with E-state index in [1.165, 1.54) is 24.8 Å². The number of hydrogen-bond acceptors (Lipinski definition) is 7. The summed E-state index contributed by atoms with van der Waals surface area (Å²) in [5.74, 6) is 4.39. The van der Waals surface area contributed by atoms with E-state index in [4.69, 9.17) is 9.97 Å². The van der Waals surface area contributed by atoms with E-state index in [0.717, 1.165) is 46.9 Å². The van der Waals surface area contributed by atoms with Crippen LogP contribution in [-0.4, -0.2) is 39.1 Å². The fourth-order valence-corrected chi connectivity index (χ4v) is 5.47. The third kappa shape index (κ3) is 3.47. The van der Waals surface area contributed by atoms with E-state index >= 15 is 0 Å². The quantitative estimate of drug-likeness (QED) is 0.392. The highest BCUT2D eigenvalue weighted by molar-refractivity contribution is 5.93. The highest BCUT2D eigenvalue weighted by atomic mass is 15.1. The first kappa shape index (κ1) is 19.9. The zero-order valence-electron chi connectivity index (χ0n) is 18.9. The Labute approximate surface area is 198 Å². The zero-order valence-corrected chi connectivity index (χ0v) is 18.9. The molecule has 0 amide bonds. The molecule has 7 rings (SSSR count). The second-order valence-electron chi connectivity index (χ2n) is 9.72. The summed E-state index contributed by atoms with van der Waals surface area (Å²) < 4.78 is 0. The molecule has 0 radical (unpaired) electrons. The summed E-state index contributed by atoms with van der Waals surface area (Å²) in [5, 5.41) is 11.8. The first-order valence-corrected chi connectivity index (χ1v) is 12.2. The number of anilines is 3. The lowest BCUT2D eigenvalue weighted by Gasteiger charge is -2.27. The molecule has 34 heavy (non-hydrogen) atoms. The van der Waals surface area contributed by atoms with Gasteiger partial charge >= 0.3 is 0 Å². The normalized spacial score (nSPS) is 23.4. The van der Waals surface area contributed by atoms with E-state index in [0.29, 0.717) is 29.6 Å². The van der Waals surface area contributed by atoms with Crippen molar-refractivity contribution < 1.29 is 0 Å². The van der Waals surface area contributed by atoms with Crippen LogP contribution in [0, 0.1) is 11.8 Å². The molecule has 2 saturated carbocycles. The molecule has 3 atom stereocenters. The van der Waals surface area contributed by atoms with Crippen molar-refractivity contribution in [1.29, 1.82) is 0 Å². The van der Waals surface area contributed by atoms with Gasteiger partial charge in [0.15, 0.2) is 5.82 Å². The van der Waals surface area contributed by atoms with Crippen LogP contribution >= 0.6 is 0 Å². The summed E-state index contributed by atoms with van der Waals surface area (Å²) in [5.41, 5.74) is 4.14. The van der Waals surface area contributed by atoms with Crippen molar-refractivity contribution >= 4 is 28.2 Å². The Bertz CT molecular complexity index is 1340. The van der Waals surface area contributed by atoms with Gasteiger partial charge < -0.3 is 16.0 Å². The van der Waals surface area contributed by atoms with Gasteiger partial charge in [0.25, 0.3) is 0 Å². The van der Waals surface area contributed by atoms with Crippen molar-refractivity contribution in [1.82, 2.24) is 25.3 Å². The number of benzene rings is 1. The van der Waals surface area contributed by atoms with Crippen LogP contribution in [-0.2, 0) is 0 Å². The van der Waals surface area contributed by atoms with Gasteiger partial charge in [-0.25, -0.2) is 15.0 Å². The van der Waals surface area contributed by atoms with Crippen LogP contribution in [0.5, 0.6) is 0 Å². The number of fused-ring (bicyclic) bond motifs is 2. The largest absolute Gasteiger partial charge is 0.366 e. The van der Waals surface area contributed by atoms with Crippen molar-refractivity contribution in [3.05, 3.63) is 66.6 Å². The maximum absolute atomic E-state index is 5.10. The molecular weight excluding hydrogens is 422 g/mol. The molecule has 3 N–H and O–H groups in total. The summed E-state index contributed by atoms with van der Waals surface area (Å²) in [7, 11) is 0. The van der Waals surface area contributed by atoms with Gasteiger partial charge in [-0.15, -0.1) is 0 Å². The van der Waals surface area contributed by atoms with Gasteiger partial charge in [-0.3, -0.25) is 4.98 Å². The Morgan fingerprint density at radius 3 is 2.59 bits per heavy atom. The van der Waals surface area contributed by atoms with E-state index in [1.54, 1.807) is 6.20 Å². The average molecular weight is 450 g/mol. The number of hydrogen-bond donors (Lipinski definition) is 3. The zero-order chi connectivity index (χ0) is 22.5. The molecule has 3 fully saturated rings. The molecule has 2 aliphatic carbocycles. The molecule has 0 spiro atoms. The fraction of sp³-hybridized carbons (Fsp3) is 0.333. The molecule has 2 unspecified atom stereocenters. The lowest BCUT2D eigenvalue weighted by Crippen LogP contribution is -2.22.